The lowest BCUT2D eigenvalue weighted by atomic mass is 10.1. The quantitative estimate of drug-likeness (QED) is 0.567. The first kappa shape index (κ1) is 14.8. The molecule has 0 amide bonds. The van der Waals surface area contributed by atoms with Gasteiger partial charge in [-0.3, -0.25) is 5.41 Å². The molecule has 0 saturated carbocycles. The van der Waals surface area contributed by atoms with Gasteiger partial charge in [0, 0.05) is 18.7 Å². The summed E-state index contributed by atoms with van der Waals surface area (Å²) in [5.41, 5.74) is 6.06. The fraction of sp³-hybridized carbons (Fsp3) is 0.462. The Morgan fingerprint density at radius 2 is 2.11 bits per heavy atom. The Morgan fingerprint density at radius 1 is 1.50 bits per heavy atom. The van der Waals surface area contributed by atoms with Crippen molar-refractivity contribution in [2.24, 2.45) is 5.73 Å². The summed E-state index contributed by atoms with van der Waals surface area (Å²) in [6, 6.07) is 5.26. The topological polar surface area (TPSA) is 73.3 Å². The van der Waals surface area contributed by atoms with Crippen LogP contribution in [0.4, 0.5) is 5.69 Å². The fourth-order valence-electron chi connectivity index (χ4n) is 1.77. The Bertz CT molecular complexity index is 440. The number of amidine groups is 1. The molecule has 0 aliphatic rings. The SMILES string of the molecule is CCN(CC(C)(C)O)c1ccc(C(=N)N)cc1Cl. The molecule has 0 unspecified atom stereocenters. The van der Waals surface area contributed by atoms with Gasteiger partial charge in [0.25, 0.3) is 0 Å². The standard InChI is InChI=1S/C13H20ClN3O/c1-4-17(8-13(2,3)18)11-6-5-9(12(15)16)7-10(11)14/h5-7,18H,4,8H2,1-3H3,(H3,15,16). The van der Waals surface area contributed by atoms with Gasteiger partial charge in [-0.15, -0.1) is 0 Å². The van der Waals surface area contributed by atoms with Crippen molar-refractivity contribution in [1.29, 1.82) is 5.41 Å². The van der Waals surface area contributed by atoms with Crippen molar-refractivity contribution >= 4 is 23.1 Å². The van der Waals surface area contributed by atoms with Crippen molar-refractivity contribution < 1.29 is 5.11 Å². The number of anilines is 1. The molecule has 4 N–H and O–H groups in total. The van der Waals surface area contributed by atoms with Crippen LogP contribution in [-0.4, -0.2) is 29.6 Å². The van der Waals surface area contributed by atoms with Crippen LogP contribution in [-0.2, 0) is 0 Å². The number of nitrogens with one attached hydrogen (secondary N) is 1. The average Bonchev–Trinajstić information content (AvgIpc) is 2.24. The monoisotopic (exact) mass is 269 g/mol. The number of hydrogen-bond acceptors (Lipinski definition) is 3. The van der Waals surface area contributed by atoms with Crippen LogP contribution in [0.3, 0.4) is 0 Å². The third-order valence-electron chi connectivity index (χ3n) is 2.56. The van der Waals surface area contributed by atoms with Crippen LogP contribution in [0.2, 0.25) is 5.02 Å². The highest BCUT2D eigenvalue weighted by Crippen LogP contribution is 2.27. The van der Waals surface area contributed by atoms with Gasteiger partial charge in [-0.2, -0.15) is 0 Å². The van der Waals surface area contributed by atoms with E-state index in [-0.39, 0.29) is 5.84 Å². The lowest BCUT2D eigenvalue weighted by Gasteiger charge is -2.30. The normalized spacial score (nSPS) is 11.4. The molecule has 0 fully saturated rings. The number of nitrogens with zero attached hydrogens (tertiary/aromatic N) is 1. The van der Waals surface area contributed by atoms with Crippen LogP contribution in [0.5, 0.6) is 0 Å². The van der Waals surface area contributed by atoms with Gasteiger partial charge < -0.3 is 15.7 Å². The Kier molecular flexibility index (Phi) is 4.59. The summed E-state index contributed by atoms with van der Waals surface area (Å²) < 4.78 is 0. The smallest absolute Gasteiger partial charge is 0.122 e. The van der Waals surface area contributed by atoms with Crippen LogP contribution in [0.25, 0.3) is 0 Å². The molecule has 1 aromatic rings. The summed E-state index contributed by atoms with van der Waals surface area (Å²) in [6.07, 6.45) is 0. The minimum atomic E-state index is -0.793. The highest BCUT2D eigenvalue weighted by Gasteiger charge is 2.19. The Hall–Kier alpha value is -1.26. The second-order valence-electron chi connectivity index (χ2n) is 4.91. The predicted molar refractivity (Wildman–Crippen MR) is 76.7 cm³/mol. The third kappa shape index (κ3) is 3.89. The second-order valence-corrected chi connectivity index (χ2v) is 5.31. The fourth-order valence-corrected chi connectivity index (χ4v) is 2.07. The van der Waals surface area contributed by atoms with E-state index >= 15 is 0 Å². The molecular weight excluding hydrogens is 250 g/mol. The molecule has 0 spiro atoms. The lowest BCUT2D eigenvalue weighted by molar-refractivity contribution is 0.0876. The van der Waals surface area contributed by atoms with Crippen molar-refractivity contribution in [3.63, 3.8) is 0 Å². The highest BCUT2D eigenvalue weighted by atomic mass is 35.5. The van der Waals surface area contributed by atoms with E-state index < -0.39 is 5.60 Å². The first-order chi connectivity index (χ1) is 8.24. The molecule has 4 nitrogen and oxygen atoms in total. The van der Waals surface area contributed by atoms with Crippen LogP contribution in [0.1, 0.15) is 26.3 Å². The molecule has 0 bridgehead atoms. The average molecular weight is 270 g/mol. The van der Waals surface area contributed by atoms with E-state index in [0.717, 1.165) is 12.2 Å². The van der Waals surface area contributed by atoms with Crippen LogP contribution >= 0.6 is 11.6 Å². The summed E-state index contributed by atoms with van der Waals surface area (Å²) in [6.45, 7) is 6.74. The molecule has 0 saturated heterocycles. The maximum absolute atomic E-state index is 9.88. The zero-order chi connectivity index (χ0) is 13.9. The van der Waals surface area contributed by atoms with E-state index in [9.17, 15) is 5.11 Å². The van der Waals surface area contributed by atoms with Gasteiger partial charge in [-0.25, -0.2) is 0 Å². The van der Waals surface area contributed by atoms with Gasteiger partial charge in [0.15, 0.2) is 0 Å². The minimum absolute atomic E-state index is 0.00557. The number of nitrogens with two attached hydrogens (primary N) is 1. The van der Waals surface area contributed by atoms with Crippen LogP contribution in [0, 0.1) is 5.41 Å². The number of likely N-dealkylation sites (N-methyl/N-ethyl adjacent to an activating group) is 1. The molecule has 1 aromatic carbocycles. The van der Waals surface area contributed by atoms with Crippen LogP contribution < -0.4 is 10.6 Å². The number of rotatable bonds is 5. The molecule has 1 rings (SSSR count). The van der Waals surface area contributed by atoms with Crippen molar-refractivity contribution in [3.05, 3.63) is 28.8 Å². The summed E-state index contributed by atoms with van der Waals surface area (Å²) in [4.78, 5) is 1.99. The molecule has 0 heterocycles. The highest BCUT2D eigenvalue weighted by molar-refractivity contribution is 6.33. The lowest BCUT2D eigenvalue weighted by Crippen LogP contribution is -2.38. The van der Waals surface area contributed by atoms with Crippen molar-refractivity contribution in [2.75, 3.05) is 18.0 Å². The molecule has 0 aliphatic heterocycles. The van der Waals surface area contributed by atoms with Gasteiger partial charge in [-0.1, -0.05) is 11.6 Å². The maximum atomic E-state index is 9.88. The number of halogens is 1. The predicted octanol–water partition coefficient (Wildman–Crippen LogP) is 2.22. The first-order valence-electron chi connectivity index (χ1n) is 5.86. The summed E-state index contributed by atoms with van der Waals surface area (Å²) in [5, 5.41) is 17.8. The molecule has 0 radical (unpaired) electrons. The van der Waals surface area contributed by atoms with E-state index in [4.69, 9.17) is 22.7 Å². The number of nitrogen functional groups attached to an aromatic ring is 1. The van der Waals surface area contributed by atoms with Gasteiger partial charge in [0.05, 0.1) is 16.3 Å². The van der Waals surface area contributed by atoms with Gasteiger partial charge in [-0.05, 0) is 39.0 Å². The molecule has 0 aromatic heterocycles. The second kappa shape index (κ2) is 5.59. The maximum Gasteiger partial charge on any atom is 0.122 e. The minimum Gasteiger partial charge on any atom is -0.389 e. The summed E-state index contributed by atoms with van der Waals surface area (Å²) in [7, 11) is 0. The molecule has 100 valence electrons. The van der Waals surface area contributed by atoms with E-state index in [1.54, 1.807) is 26.0 Å². The van der Waals surface area contributed by atoms with Gasteiger partial charge in [0.2, 0.25) is 0 Å². The number of benzene rings is 1. The zero-order valence-electron chi connectivity index (χ0n) is 11.0. The van der Waals surface area contributed by atoms with E-state index in [1.165, 1.54) is 0 Å². The molecule has 5 heteroatoms. The van der Waals surface area contributed by atoms with Gasteiger partial charge >= 0.3 is 0 Å². The largest absolute Gasteiger partial charge is 0.389 e. The summed E-state index contributed by atoms with van der Waals surface area (Å²) >= 11 is 6.20. The van der Waals surface area contributed by atoms with Gasteiger partial charge in [0.1, 0.15) is 5.84 Å². The van der Waals surface area contributed by atoms with E-state index in [2.05, 4.69) is 0 Å². The first-order valence-corrected chi connectivity index (χ1v) is 6.23. The zero-order valence-corrected chi connectivity index (χ0v) is 11.8. The summed E-state index contributed by atoms with van der Waals surface area (Å²) in [5.74, 6) is -0.00557. The Labute approximate surface area is 113 Å². The van der Waals surface area contributed by atoms with Crippen molar-refractivity contribution in [3.8, 4) is 0 Å². The van der Waals surface area contributed by atoms with E-state index in [0.29, 0.717) is 17.1 Å². The number of hydrogen-bond donors (Lipinski definition) is 3. The number of aliphatic hydroxyl groups is 1. The van der Waals surface area contributed by atoms with Crippen molar-refractivity contribution in [1.82, 2.24) is 0 Å². The molecule has 0 atom stereocenters. The van der Waals surface area contributed by atoms with E-state index in [1.807, 2.05) is 17.9 Å². The molecule has 18 heavy (non-hydrogen) atoms. The molecule has 0 aliphatic carbocycles. The van der Waals surface area contributed by atoms with Crippen LogP contribution in [0.15, 0.2) is 18.2 Å². The Morgan fingerprint density at radius 3 is 2.50 bits per heavy atom. The van der Waals surface area contributed by atoms with Crippen molar-refractivity contribution in [2.45, 2.75) is 26.4 Å². The Balaban J connectivity index is 3.04. The third-order valence-corrected chi connectivity index (χ3v) is 2.86. The molecular formula is C13H20ClN3O.